The molecule has 0 saturated heterocycles. The van der Waals surface area contributed by atoms with Crippen LogP contribution in [0.2, 0.25) is 0 Å². The quantitative estimate of drug-likeness (QED) is 0.548. The number of sulfonamides is 1. The Morgan fingerprint density at radius 3 is 2.36 bits per heavy atom. The van der Waals surface area contributed by atoms with Gasteiger partial charge in [0.05, 0.1) is 4.90 Å². The second-order valence-electron chi connectivity index (χ2n) is 5.46. The van der Waals surface area contributed by atoms with Crippen molar-refractivity contribution in [2.45, 2.75) is 30.8 Å². The first-order chi connectivity index (χ1) is 12.0. The van der Waals surface area contributed by atoms with Gasteiger partial charge in [-0.1, -0.05) is 30.3 Å². The van der Waals surface area contributed by atoms with E-state index in [1.54, 1.807) is 0 Å². The van der Waals surface area contributed by atoms with E-state index in [4.69, 9.17) is 4.74 Å². The minimum Gasteiger partial charge on any atom is -0.461 e. The van der Waals surface area contributed by atoms with E-state index >= 15 is 0 Å². The van der Waals surface area contributed by atoms with Crippen LogP contribution >= 0.6 is 0 Å². The summed E-state index contributed by atoms with van der Waals surface area (Å²) in [7, 11) is -3.66. The van der Waals surface area contributed by atoms with E-state index in [9.17, 15) is 17.6 Å². The molecular weight excluding hydrogens is 345 g/mol. The lowest BCUT2D eigenvalue weighted by Crippen LogP contribution is -2.24. The van der Waals surface area contributed by atoms with Gasteiger partial charge in [-0.25, -0.2) is 17.5 Å². The summed E-state index contributed by atoms with van der Waals surface area (Å²) < 4.78 is 44.3. The highest BCUT2D eigenvalue weighted by atomic mass is 32.2. The SMILES string of the molecule is O=C(CCCCNS(=O)(=O)c1ccc(F)cc1)OCc1ccccc1. The number of hydrogen-bond donors (Lipinski definition) is 1. The molecular formula is C18H20FNO4S. The van der Waals surface area contributed by atoms with Gasteiger partial charge >= 0.3 is 5.97 Å². The van der Waals surface area contributed by atoms with E-state index in [0.29, 0.717) is 12.8 Å². The number of ether oxygens (including phenoxy) is 1. The van der Waals surface area contributed by atoms with Crippen LogP contribution in [0.3, 0.4) is 0 Å². The number of halogens is 1. The van der Waals surface area contributed by atoms with Crippen LogP contribution in [-0.4, -0.2) is 20.9 Å². The summed E-state index contributed by atoms with van der Waals surface area (Å²) in [6.45, 7) is 0.433. The van der Waals surface area contributed by atoms with Crippen LogP contribution in [0.4, 0.5) is 4.39 Å². The zero-order valence-corrected chi connectivity index (χ0v) is 14.5. The number of unbranched alkanes of at least 4 members (excludes halogenated alkanes) is 1. The molecule has 7 heteroatoms. The van der Waals surface area contributed by atoms with Crippen molar-refractivity contribution in [1.82, 2.24) is 4.72 Å². The molecule has 0 aliphatic rings. The van der Waals surface area contributed by atoms with Gasteiger partial charge in [-0.2, -0.15) is 0 Å². The zero-order valence-electron chi connectivity index (χ0n) is 13.7. The van der Waals surface area contributed by atoms with E-state index in [1.165, 1.54) is 12.1 Å². The first kappa shape index (κ1) is 19.1. The van der Waals surface area contributed by atoms with Crippen molar-refractivity contribution in [2.24, 2.45) is 0 Å². The molecule has 0 atom stereocenters. The van der Waals surface area contributed by atoms with Gasteiger partial charge in [-0.3, -0.25) is 4.79 Å². The molecule has 0 aliphatic carbocycles. The van der Waals surface area contributed by atoms with Crippen molar-refractivity contribution in [3.63, 3.8) is 0 Å². The molecule has 0 amide bonds. The fourth-order valence-electron chi connectivity index (χ4n) is 2.11. The van der Waals surface area contributed by atoms with Crippen LogP contribution in [0.1, 0.15) is 24.8 Å². The Bertz CT molecular complexity index is 776. The standard InChI is InChI=1S/C18H20FNO4S/c19-16-9-11-17(12-10-16)25(22,23)20-13-5-4-8-18(21)24-14-15-6-2-1-3-7-15/h1-3,6-7,9-12,20H,4-5,8,13-14H2. The van der Waals surface area contributed by atoms with Gasteiger partial charge in [0.1, 0.15) is 12.4 Å². The molecule has 0 unspecified atom stereocenters. The molecule has 0 heterocycles. The normalized spacial score (nSPS) is 11.2. The van der Waals surface area contributed by atoms with E-state index < -0.39 is 15.8 Å². The molecule has 2 rings (SSSR count). The number of carbonyl (C=O) groups is 1. The van der Waals surface area contributed by atoms with Crippen molar-refractivity contribution in [3.8, 4) is 0 Å². The molecule has 1 N–H and O–H groups in total. The number of hydrogen-bond acceptors (Lipinski definition) is 4. The van der Waals surface area contributed by atoms with Gasteiger partial charge in [0.25, 0.3) is 0 Å². The van der Waals surface area contributed by atoms with Crippen molar-refractivity contribution in [2.75, 3.05) is 6.54 Å². The molecule has 2 aromatic carbocycles. The lowest BCUT2D eigenvalue weighted by atomic mass is 10.2. The summed E-state index contributed by atoms with van der Waals surface area (Å²) in [4.78, 5) is 11.6. The Balaban J connectivity index is 1.64. The molecule has 0 saturated carbocycles. The Morgan fingerprint density at radius 1 is 1.00 bits per heavy atom. The Morgan fingerprint density at radius 2 is 1.68 bits per heavy atom. The minimum atomic E-state index is -3.66. The third kappa shape index (κ3) is 6.64. The molecule has 0 aromatic heterocycles. The summed E-state index contributed by atoms with van der Waals surface area (Å²) in [6, 6.07) is 14.0. The third-order valence-corrected chi connectivity index (χ3v) is 4.94. The summed E-state index contributed by atoms with van der Waals surface area (Å²) >= 11 is 0. The van der Waals surface area contributed by atoms with Gasteiger partial charge < -0.3 is 4.74 Å². The van der Waals surface area contributed by atoms with Crippen LogP contribution in [0.15, 0.2) is 59.5 Å². The molecule has 25 heavy (non-hydrogen) atoms. The van der Waals surface area contributed by atoms with Crippen LogP contribution in [0.25, 0.3) is 0 Å². The van der Waals surface area contributed by atoms with E-state index in [-0.39, 0.29) is 30.4 Å². The molecule has 0 spiro atoms. The van der Waals surface area contributed by atoms with Crippen molar-refractivity contribution >= 4 is 16.0 Å². The Kier molecular flexibility index (Phi) is 7.09. The van der Waals surface area contributed by atoms with Crippen LogP contribution in [0.5, 0.6) is 0 Å². The maximum atomic E-state index is 12.8. The monoisotopic (exact) mass is 365 g/mol. The first-order valence-corrected chi connectivity index (χ1v) is 9.40. The second-order valence-corrected chi connectivity index (χ2v) is 7.22. The summed E-state index contributed by atoms with van der Waals surface area (Å²) in [5.41, 5.74) is 0.919. The van der Waals surface area contributed by atoms with Gasteiger partial charge in [0.2, 0.25) is 10.0 Å². The smallest absolute Gasteiger partial charge is 0.306 e. The van der Waals surface area contributed by atoms with E-state index in [2.05, 4.69) is 4.72 Å². The maximum Gasteiger partial charge on any atom is 0.306 e. The predicted molar refractivity (Wildman–Crippen MR) is 91.7 cm³/mol. The number of rotatable bonds is 9. The average Bonchev–Trinajstić information content (AvgIpc) is 2.61. The van der Waals surface area contributed by atoms with Crippen molar-refractivity contribution in [1.29, 1.82) is 0 Å². The second kappa shape index (κ2) is 9.29. The highest BCUT2D eigenvalue weighted by Crippen LogP contribution is 2.10. The van der Waals surface area contributed by atoms with Crippen LogP contribution < -0.4 is 4.72 Å². The lowest BCUT2D eigenvalue weighted by Gasteiger charge is -2.07. The summed E-state index contributed by atoms with van der Waals surface area (Å²) in [6.07, 6.45) is 1.24. The minimum absolute atomic E-state index is 0.0103. The molecule has 5 nitrogen and oxygen atoms in total. The van der Waals surface area contributed by atoms with Crippen LogP contribution in [0, 0.1) is 5.82 Å². The number of carbonyl (C=O) groups excluding carboxylic acids is 1. The van der Waals surface area contributed by atoms with Gasteiger partial charge in [0, 0.05) is 13.0 Å². The molecule has 0 aliphatic heterocycles. The molecule has 134 valence electrons. The maximum absolute atomic E-state index is 12.8. The summed E-state index contributed by atoms with van der Waals surface area (Å²) in [5, 5.41) is 0. The van der Waals surface area contributed by atoms with Crippen molar-refractivity contribution in [3.05, 3.63) is 66.0 Å². The largest absolute Gasteiger partial charge is 0.461 e. The summed E-state index contributed by atoms with van der Waals surface area (Å²) in [5.74, 6) is -0.807. The first-order valence-electron chi connectivity index (χ1n) is 7.92. The average molecular weight is 365 g/mol. The zero-order chi connectivity index (χ0) is 18.1. The van der Waals surface area contributed by atoms with E-state index in [1.807, 2.05) is 30.3 Å². The number of benzene rings is 2. The topological polar surface area (TPSA) is 72.5 Å². The molecule has 0 fully saturated rings. The molecule has 2 aromatic rings. The van der Waals surface area contributed by atoms with Crippen LogP contribution in [-0.2, 0) is 26.2 Å². The lowest BCUT2D eigenvalue weighted by molar-refractivity contribution is -0.145. The fourth-order valence-corrected chi connectivity index (χ4v) is 3.18. The Hall–Kier alpha value is -2.25. The number of esters is 1. The highest BCUT2D eigenvalue weighted by molar-refractivity contribution is 7.89. The molecule has 0 bridgehead atoms. The van der Waals surface area contributed by atoms with Gasteiger partial charge in [0.15, 0.2) is 0 Å². The van der Waals surface area contributed by atoms with Crippen molar-refractivity contribution < 1.29 is 22.3 Å². The van der Waals surface area contributed by atoms with Gasteiger partial charge in [-0.15, -0.1) is 0 Å². The Labute approximate surface area is 146 Å². The number of nitrogens with one attached hydrogen (secondary N) is 1. The predicted octanol–water partition coefficient (Wildman–Crippen LogP) is 3.02. The van der Waals surface area contributed by atoms with E-state index in [0.717, 1.165) is 17.7 Å². The highest BCUT2D eigenvalue weighted by Gasteiger charge is 2.13. The molecule has 0 radical (unpaired) electrons. The van der Waals surface area contributed by atoms with Gasteiger partial charge in [-0.05, 0) is 42.7 Å². The third-order valence-electron chi connectivity index (χ3n) is 3.47. The fraction of sp³-hybridized carbons (Fsp3) is 0.278.